The molecule has 1 aromatic heterocycles. The van der Waals surface area contributed by atoms with Crippen molar-refractivity contribution in [2.24, 2.45) is 0 Å². The standard InChI is InChI=1S/C12H17IN2O2/c1-3-5-6-14-11(16)8-7-9(13)10(4-2)15-12(8)17/h7H,3-6H2,1-2H3,(H,14,16)(H,15,17). The van der Waals surface area contributed by atoms with Gasteiger partial charge in [-0.3, -0.25) is 9.59 Å². The van der Waals surface area contributed by atoms with Crippen molar-refractivity contribution in [3.63, 3.8) is 0 Å². The summed E-state index contributed by atoms with van der Waals surface area (Å²) < 4.78 is 0.922. The summed E-state index contributed by atoms with van der Waals surface area (Å²) in [6.45, 7) is 4.63. The number of carbonyl (C=O) groups is 1. The second kappa shape index (κ2) is 6.78. The first-order chi connectivity index (χ1) is 8.10. The zero-order valence-electron chi connectivity index (χ0n) is 10.1. The molecule has 1 heterocycles. The van der Waals surface area contributed by atoms with Crippen LogP contribution in [-0.2, 0) is 6.42 Å². The lowest BCUT2D eigenvalue weighted by molar-refractivity contribution is 0.0951. The normalized spacial score (nSPS) is 10.3. The summed E-state index contributed by atoms with van der Waals surface area (Å²) in [5, 5.41) is 2.74. The summed E-state index contributed by atoms with van der Waals surface area (Å²) >= 11 is 2.13. The van der Waals surface area contributed by atoms with Crippen LogP contribution in [0.1, 0.15) is 42.7 Å². The van der Waals surface area contributed by atoms with Gasteiger partial charge in [0.15, 0.2) is 0 Å². The Morgan fingerprint density at radius 2 is 2.18 bits per heavy atom. The second-order valence-electron chi connectivity index (χ2n) is 3.80. The number of hydrogen-bond donors (Lipinski definition) is 2. The molecule has 0 fully saturated rings. The van der Waals surface area contributed by atoms with E-state index in [0.29, 0.717) is 6.54 Å². The molecule has 1 amide bonds. The van der Waals surface area contributed by atoms with Crippen LogP contribution in [0.5, 0.6) is 0 Å². The van der Waals surface area contributed by atoms with Crippen LogP contribution in [0, 0.1) is 3.57 Å². The van der Waals surface area contributed by atoms with Gasteiger partial charge in [-0.05, 0) is 41.5 Å². The SMILES string of the molecule is CCCCNC(=O)c1cc(I)c(CC)[nH]c1=O. The topological polar surface area (TPSA) is 62.0 Å². The summed E-state index contributed by atoms with van der Waals surface area (Å²) in [6.07, 6.45) is 2.70. The minimum absolute atomic E-state index is 0.197. The predicted molar refractivity (Wildman–Crippen MR) is 76.4 cm³/mol. The van der Waals surface area contributed by atoms with Gasteiger partial charge in [0.1, 0.15) is 5.56 Å². The third-order valence-corrected chi connectivity index (χ3v) is 3.44. The van der Waals surface area contributed by atoms with E-state index < -0.39 is 0 Å². The Hall–Kier alpha value is -0.850. The number of halogens is 1. The van der Waals surface area contributed by atoms with E-state index in [1.54, 1.807) is 6.07 Å². The fourth-order valence-electron chi connectivity index (χ4n) is 1.44. The molecule has 0 radical (unpaired) electrons. The van der Waals surface area contributed by atoms with E-state index in [-0.39, 0.29) is 17.0 Å². The highest BCUT2D eigenvalue weighted by Gasteiger charge is 2.12. The Labute approximate surface area is 114 Å². The van der Waals surface area contributed by atoms with E-state index in [1.807, 2.05) is 6.92 Å². The number of aryl methyl sites for hydroxylation is 1. The van der Waals surface area contributed by atoms with Gasteiger partial charge in [0, 0.05) is 15.8 Å². The average molecular weight is 348 g/mol. The number of amides is 1. The van der Waals surface area contributed by atoms with Crippen LogP contribution in [0.3, 0.4) is 0 Å². The molecule has 0 aliphatic rings. The van der Waals surface area contributed by atoms with Gasteiger partial charge in [0.25, 0.3) is 11.5 Å². The van der Waals surface area contributed by atoms with E-state index in [4.69, 9.17) is 0 Å². The molecule has 17 heavy (non-hydrogen) atoms. The zero-order chi connectivity index (χ0) is 12.8. The number of unbranched alkanes of at least 4 members (excludes halogenated alkanes) is 1. The van der Waals surface area contributed by atoms with E-state index in [1.165, 1.54) is 0 Å². The number of carbonyl (C=O) groups excluding carboxylic acids is 1. The predicted octanol–water partition coefficient (Wildman–Crippen LogP) is 2.07. The zero-order valence-corrected chi connectivity index (χ0v) is 12.3. The van der Waals surface area contributed by atoms with Crippen molar-refractivity contribution < 1.29 is 4.79 Å². The smallest absolute Gasteiger partial charge is 0.261 e. The molecule has 0 saturated carbocycles. The molecule has 1 rings (SSSR count). The first kappa shape index (κ1) is 14.2. The van der Waals surface area contributed by atoms with Gasteiger partial charge < -0.3 is 10.3 Å². The molecule has 2 N–H and O–H groups in total. The van der Waals surface area contributed by atoms with Crippen LogP contribution in [0.4, 0.5) is 0 Å². The van der Waals surface area contributed by atoms with Gasteiger partial charge in [-0.2, -0.15) is 0 Å². The van der Waals surface area contributed by atoms with Crippen molar-refractivity contribution in [2.45, 2.75) is 33.1 Å². The highest BCUT2D eigenvalue weighted by atomic mass is 127. The maximum absolute atomic E-state index is 11.8. The second-order valence-corrected chi connectivity index (χ2v) is 4.96. The van der Waals surface area contributed by atoms with Crippen molar-refractivity contribution in [2.75, 3.05) is 6.54 Å². The van der Waals surface area contributed by atoms with Crippen molar-refractivity contribution >= 4 is 28.5 Å². The molecular weight excluding hydrogens is 331 g/mol. The van der Waals surface area contributed by atoms with E-state index in [0.717, 1.165) is 28.5 Å². The lowest BCUT2D eigenvalue weighted by Gasteiger charge is -2.06. The van der Waals surface area contributed by atoms with Crippen LogP contribution in [0.2, 0.25) is 0 Å². The highest BCUT2D eigenvalue weighted by Crippen LogP contribution is 2.09. The maximum Gasteiger partial charge on any atom is 0.261 e. The Bertz CT molecular complexity index is 454. The Balaban J connectivity index is 2.87. The number of hydrogen-bond acceptors (Lipinski definition) is 2. The molecule has 0 atom stereocenters. The van der Waals surface area contributed by atoms with Gasteiger partial charge in [0.2, 0.25) is 0 Å². The van der Waals surface area contributed by atoms with Crippen molar-refractivity contribution in [1.82, 2.24) is 10.3 Å². The summed E-state index contributed by atoms with van der Waals surface area (Å²) in [4.78, 5) is 26.2. The summed E-state index contributed by atoms with van der Waals surface area (Å²) in [5.41, 5.74) is 0.764. The largest absolute Gasteiger partial charge is 0.352 e. The lowest BCUT2D eigenvalue weighted by Crippen LogP contribution is -2.31. The number of H-pyrrole nitrogens is 1. The third-order valence-electron chi connectivity index (χ3n) is 2.48. The molecule has 5 heteroatoms. The van der Waals surface area contributed by atoms with Crippen LogP contribution in [-0.4, -0.2) is 17.4 Å². The number of nitrogens with one attached hydrogen (secondary N) is 2. The van der Waals surface area contributed by atoms with E-state index >= 15 is 0 Å². The molecule has 4 nitrogen and oxygen atoms in total. The number of aromatic nitrogens is 1. The van der Waals surface area contributed by atoms with Crippen molar-refractivity contribution in [3.8, 4) is 0 Å². The molecule has 0 aromatic carbocycles. The van der Waals surface area contributed by atoms with Crippen LogP contribution >= 0.6 is 22.6 Å². The minimum atomic E-state index is -0.309. The Morgan fingerprint density at radius 1 is 1.47 bits per heavy atom. The Morgan fingerprint density at radius 3 is 2.76 bits per heavy atom. The van der Waals surface area contributed by atoms with Crippen molar-refractivity contribution in [3.05, 3.63) is 31.2 Å². The number of pyridine rings is 1. The van der Waals surface area contributed by atoms with Gasteiger partial charge in [-0.15, -0.1) is 0 Å². The third kappa shape index (κ3) is 3.83. The fourth-order valence-corrected chi connectivity index (χ4v) is 2.27. The van der Waals surface area contributed by atoms with Gasteiger partial charge in [-0.25, -0.2) is 0 Å². The molecule has 1 aromatic rings. The molecular formula is C12H17IN2O2. The number of aromatic amines is 1. The van der Waals surface area contributed by atoms with Crippen LogP contribution in [0.15, 0.2) is 10.9 Å². The van der Waals surface area contributed by atoms with Gasteiger partial charge in [-0.1, -0.05) is 20.3 Å². The first-order valence-corrected chi connectivity index (χ1v) is 6.87. The summed E-state index contributed by atoms with van der Waals surface area (Å²) in [6, 6.07) is 1.65. The molecule has 0 saturated heterocycles. The summed E-state index contributed by atoms with van der Waals surface area (Å²) in [7, 11) is 0. The van der Waals surface area contributed by atoms with Crippen LogP contribution < -0.4 is 10.9 Å². The summed E-state index contributed by atoms with van der Waals surface area (Å²) in [5.74, 6) is -0.291. The monoisotopic (exact) mass is 348 g/mol. The Kier molecular flexibility index (Phi) is 5.67. The molecule has 94 valence electrons. The number of rotatable bonds is 5. The molecule has 0 unspecified atom stereocenters. The molecule has 0 bridgehead atoms. The lowest BCUT2D eigenvalue weighted by atomic mass is 10.2. The first-order valence-electron chi connectivity index (χ1n) is 5.80. The van der Waals surface area contributed by atoms with Crippen molar-refractivity contribution in [1.29, 1.82) is 0 Å². The highest BCUT2D eigenvalue weighted by molar-refractivity contribution is 14.1. The van der Waals surface area contributed by atoms with E-state index in [2.05, 4.69) is 39.8 Å². The molecule has 0 aliphatic carbocycles. The van der Waals surface area contributed by atoms with E-state index in [9.17, 15) is 9.59 Å². The average Bonchev–Trinajstić information content (AvgIpc) is 2.31. The quantitative estimate of drug-likeness (QED) is 0.632. The molecule has 0 spiro atoms. The molecule has 0 aliphatic heterocycles. The minimum Gasteiger partial charge on any atom is -0.352 e. The van der Waals surface area contributed by atoms with Gasteiger partial charge >= 0.3 is 0 Å². The fraction of sp³-hybridized carbons (Fsp3) is 0.500. The maximum atomic E-state index is 11.8. The van der Waals surface area contributed by atoms with Gasteiger partial charge in [0.05, 0.1) is 0 Å². The van der Waals surface area contributed by atoms with Crippen LogP contribution in [0.25, 0.3) is 0 Å².